The molecule has 170 valence electrons. The number of nitrogens with zero attached hydrogens (tertiary/aromatic N) is 2. The number of hydrogen-bond donors (Lipinski definition) is 2. The molecule has 0 radical (unpaired) electrons. The van der Waals surface area contributed by atoms with Gasteiger partial charge in [0.2, 0.25) is 0 Å². The maximum Gasteiger partial charge on any atom is 0.134 e. The maximum absolute atomic E-state index is 9.01. The first-order valence-electron chi connectivity index (χ1n) is 10.3. The molecule has 3 rings (SSSR count). The van der Waals surface area contributed by atoms with Gasteiger partial charge in [0.1, 0.15) is 43.6 Å². The van der Waals surface area contributed by atoms with Crippen molar-refractivity contribution in [3.8, 4) is 17.6 Å². The zero-order valence-corrected chi connectivity index (χ0v) is 18.2. The fourth-order valence-electron chi connectivity index (χ4n) is 3.08. The van der Waals surface area contributed by atoms with Gasteiger partial charge < -0.3 is 14.3 Å². The van der Waals surface area contributed by atoms with Crippen LogP contribution in [0.1, 0.15) is 16.7 Å². The largest absolute Gasteiger partial charge is 0.489 e. The van der Waals surface area contributed by atoms with Crippen LogP contribution in [0.5, 0.6) is 11.5 Å². The lowest BCUT2D eigenvalue weighted by Crippen LogP contribution is -2.28. The molecule has 0 saturated carbocycles. The summed E-state index contributed by atoms with van der Waals surface area (Å²) in [4.78, 5) is 8.79. The summed E-state index contributed by atoms with van der Waals surface area (Å²) in [6.07, 6.45) is 0.383. The lowest BCUT2D eigenvalue weighted by atomic mass is 10.1. The molecule has 8 nitrogen and oxygen atoms in total. The number of nitrogens with one attached hydrogen (secondary N) is 1. The first kappa shape index (κ1) is 23.8. The van der Waals surface area contributed by atoms with E-state index in [1.165, 1.54) is 7.11 Å². The van der Waals surface area contributed by atoms with Crippen LogP contribution in [0.15, 0.2) is 84.0 Å². The SMILES string of the molecule is CO/N=C(\COc1cccc(COc2ccc(CC(C#N)NOO)cc2)c1)c1ccccc1. The van der Waals surface area contributed by atoms with Gasteiger partial charge in [-0.3, -0.25) is 0 Å². The molecule has 2 N–H and O–H groups in total. The van der Waals surface area contributed by atoms with E-state index in [2.05, 4.69) is 15.6 Å². The number of ether oxygens (including phenoxy) is 2. The molecule has 0 bridgehead atoms. The smallest absolute Gasteiger partial charge is 0.134 e. The quantitative estimate of drug-likeness (QED) is 0.244. The molecule has 3 aromatic rings. The number of benzene rings is 3. The first-order chi connectivity index (χ1) is 16.2. The molecule has 0 spiro atoms. The van der Waals surface area contributed by atoms with E-state index in [-0.39, 0.29) is 6.61 Å². The van der Waals surface area contributed by atoms with Gasteiger partial charge >= 0.3 is 0 Å². The van der Waals surface area contributed by atoms with Crippen LogP contribution in [0.2, 0.25) is 0 Å². The van der Waals surface area contributed by atoms with Crippen molar-refractivity contribution in [2.45, 2.75) is 19.1 Å². The van der Waals surface area contributed by atoms with Crippen LogP contribution in [0.4, 0.5) is 0 Å². The van der Waals surface area contributed by atoms with Crippen molar-refractivity contribution in [3.05, 3.63) is 95.6 Å². The van der Waals surface area contributed by atoms with E-state index in [0.717, 1.165) is 16.7 Å². The lowest BCUT2D eigenvalue weighted by molar-refractivity contribution is -0.296. The van der Waals surface area contributed by atoms with E-state index in [1.54, 1.807) is 0 Å². The molecular weight excluding hydrogens is 422 g/mol. The molecule has 0 aromatic heterocycles. The molecule has 0 saturated heterocycles. The fraction of sp³-hybridized carbons (Fsp3) is 0.200. The summed E-state index contributed by atoms with van der Waals surface area (Å²) in [6, 6.07) is 26.1. The van der Waals surface area contributed by atoms with E-state index in [0.29, 0.717) is 30.2 Å². The molecule has 0 aliphatic heterocycles. The van der Waals surface area contributed by atoms with E-state index < -0.39 is 6.04 Å². The normalized spacial score (nSPS) is 12.0. The molecule has 0 aliphatic rings. The Hall–Kier alpha value is -3.90. The summed E-state index contributed by atoms with van der Waals surface area (Å²) >= 11 is 0. The van der Waals surface area contributed by atoms with Crippen LogP contribution in [-0.2, 0) is 22.9 Å². The summed E-state index contributed by atoms with van der Waals surface area (Å²) in [6.45, 7) is 0.637. The second kappa shape index (κ2) is 12.8. The van der Waals surface area contributed by atoms with Crippen molar-refractivity contribution in [2.24, 2.45) is 5.16 Å². The second-order valence-corrected chi connectivity index (χ2v) is 7.05. The average Bonchev–Trinajstić information content (AvgIpc) is 2.86. The topological polar surface area (TPSA) is 105 Å². The van der Waals surface area contributed by atoms with Crippen molar-refractivity contribution in [2.75, 3.05) is 13.7 Å². The Morgan fingerprint density at radius 1 is 0.970 bits per heavy atom. The van der Waals surface area contributed by atoms with E-state index in [9.17, 15) is 0 Å². The third-order valence-corrected chi connectivity index (χ3v) is 4.70. The molecule has 0 aliphatic carbocycles. The number of oxime groups is 1. The van der Waals surface area contributed by atoms with Crippen LogP contribution in [0.25, 0.3) is 0 Å². The third-order valence-electron chi connectivity index (χ3n) is 4.70. The van der Waals surface area contributed by atoms with Crippen LogP contribution in [0, 0.1) is 11.3 Å². The minimum absolute atomic E-state index is 0.267. The minimum atomic E-state index is -0.652. The Bertz CT molecular complexity index is 1070. The van der Waals surface area contributed by atoms with Gasteiger partial charge in [0.25, 0.3) is 0 Å². The Labute approximate surface area is 192 Å². The number of rotatable bonds is 12. The number of hydroxylamine groups is 1. The van der Waals surface area contributed by atoms with Crippen molar-refractivity contribution < 1.29 is 24.6 Å². The highest BCUT2D eigenvalue weighted by Gasteiger charge is 2.09. The van der Waals surface area contributed by atoms with Crippen molar-refractivity contribution >= 4 is 5.71 Å². The number of nitriles is 1. The lowest BCUT2D eigenvalue weighted by Gasteiger charge is -2.11. The highest BCUT2D eigenvalue weighted by atomic mass is 17.2. The molecule has 0 heterocycles. The van der Waals surface area contributed by atoms with Gasteiger partial charge in [-0.15, -0.1) is 4.99 Å². The summed E-state index contributed by atoms with van der Waals surface area (Å²) in [7, 11) is 1.51. The zero-order chi connectivity index (χ0) is 23.3. The van der Waals surface area contributed by atoms with Crippen molar-refractivity contribution in [1.29, 1.82) is 5.26 Å². The van der Waals surface area contributed by atoms with Crippen molar-refractivity contribution in [3.63, 3.8) is 0 Å². The second-order valence-electron chi connectivity index (χ2n) is 7.05. The van der Waals surface area contributed by atoms with Gasteiger partial charge in [0, 0.05) is 12.0 Å². The van der Waals surface area contributed by atoms with Crippen LogP contribution >= 0.6 is 0 Å². The highest BCUT2D eigenvalue weighted by Crippen LogP contribution is 2.18. The van der Waals surface area contributed by atoms with Gasteiger partial charge in [-0.25, -0.2) is 5.26 Å². The van der Waals surface area contributed by atoms with E-state index in [4.69, 9.17) is 24.8 Å². The zero-order valence-electron chi connectivity index (χ0n) is 18.2. The Morgan fingerprint density at radius 3 is 2.45 bits per heavy atom. The summed E-state index contributed by atoms with van der Waals surface area (Å²) in [5.74, 6) is 1.40. The highest BCUT2D eigenvalue weighted by molar-refractivity contribution is 6.01. The third kappa shape index (κ3) is 7.63. The maximum atomic E-state index is 9.01. The average molecular weight is 447 g/mol. The Morgan fingerprint density at radius 2 is 1.76 bits per heavy atom. The van der Waals surface area contributed by atoms with Gasteiger partial charge in [-0.05, 0) is 35.4 Å². The van der Waals surface area contributed by atoms with E-state index >= 15 is 0 Å². The van der Waals surface area contributed by atoms with Gasteiger partial charge in [-0.1, -0.05) is 59.8 Å². The molecule has 8 heteroatoms. The summed E-state index contributed by atoms with van der Waals surface area (Å²) < 4.78 is 11.8. The van der Waals surface area contributed by atoms with Crippen LogP contribution in [0.3, 0.4) is 0 Å². The van der Waals surface area contributed by atoms with Crippen LogP contribution < -0.4 is 15.0 Å². The van der Waals surface area contributed by atoms with Gasteiger partial charge in [-0.2, -0.15) is 10.7 Å². The number of hydrogen-bond acceptors (Lipinski definition) is 8. The summed E-state index contributed by atoms with van der Waals surface area (Å²) in [5.41, 5.74) is 5.70. The Balaban J connectivity index is 1.55. The molecular formula is C25H25N3O5. The predicted molar refractivity (Wildman–Crippen MR) is 123 cm³/mol. The first-order valence-corrected chi connectivity index (χ1v) is 10.3. The fourth-order valence-corrected chi connectivity index (χ4v) is 3.08. The van der Waals surface area contributed by atoms with Crippen molar-refractivity contribution in [1.82, 2.24) is 5.48 Å². The minimum Gasteiger partial charge on any atom is -0.489 e. The van der Waals surface area contributed by atoms with E-state index in [1.807, 2.05) is 84.9 Å². The monoisotopic (exact) mass is 447 g/mol. The van der Waals surface area contributed by atoms with Crippen LogP contribution in [-0.4, -0.2) is 30.7 Å². The molecule has 33 heavy (non-hydrogen) atoms. The van der Waals surface area contributed by atoms with Gasteiger partial charge in [0.05, 0.1) is 6.07 Å². The summed E-state index contributed by atoms with van der Waals surface area (Å²) in [5, 5.41) is 21.5. The predicted octanol–water partition coefficient (Wildman–Crippen LogP) is 4.12. The molecule has 0 fully saturated rings. The Kier molecular flexibility index (Phi) is 9.24. The molecule has 1 unspecified atom stereocenters. The molecule has 0 amide bonds. The van der Waals surface area contributed by atoms with Gasteiger partial charge in [0.15, 0.2) is 0 Å². The molecule has 1 atom stereocenters. The molecule has 3 aromatic carbocycles. The standard InChI is InChI=1S/C25H25N3O5/c1-30-28-25(21-7-3-2-4-8-21)18-32-24-9-5-6-20(15-24)17-31-23-12-10-19(11-13-23)14-22(16-26)27-33-29/h2-13,15,22,27,29H,14,17-18H2,1H3/b28-25+.